The molecule has 1 saturated heterocycles. The molecular formula is C8H16N2O2. The number of nitrogens with two attached hydrogens (primary N) is 1. The summed E-state index contributed by atoms with van der Waals surface area (Å²) >= 11 is 0. The Kier molecular flexibility index (Phi) is 3.49. The maximum atomic E-state index is 11.2. The van der Waals surface area contributed by atoms with Crippen LogP contribution < -0.4 is 11.1 Å². The lowest BCUT2D eigenvalue weighted by molar-refractivity contribution is -0.146. The molecule has 12 heavy (non-hydrogen) atoms. The molecule has 0 radical (unpaired) electrons. The molecule has 0 aromatic heterocycles. The van der Waals surface area contributed by atoms with E-state index >= 15 is 0 Å². The second-order valence-electron chi connectivity index (χ2n) is 3.05. The van der Waals surface area contributed by atoms with Crippen molar-refractivity contribution in [2.75, 3.05) is 13.2 Å². The van der Waals surface area contributed by atoms with Crippen molar-refractivity contribution in [2.24, 2.45) is 5.73 Å². The molecule has 1 fully saturated rings. The van der Waals surface area contributed by atoms with Gasteiger partial charge in [-0.15, -0.1) is 0 Å². The number of rotatable bonds is 2. The van der Waals surface area contributed by atoms with Crippen LogP contribution in [0.15, 0.2) is 0 Å². The van der Waals surface area contributed by atoms with Gasteiger partial charge in [0.2, 0.25) is 0 Å². The second-order valence-corrected chi connectivity index (χ2v) is 3.05. The summed E-state index contributed by atoms with van der Waals surface area (Å²) in [6.07, 6.45) is 1.69. The minimum atomic E-state index is -0.149. The quantitative estimate of drug-likeness (QED) is 0.558. The van der Waals surface area contributed by atoms with E-state index in [0.29, 0.717) is 13.2 Å². The van der Waals surface area contributed by atoms with Gasteiger partial charge in [0.15, 0.2) is 0 Å². The average Bonchev–Trinajstić information content (AvgIpc) is 2.06. The standard InChI is InChI=1S/C8H16N2O2/c1-2-12-8(11)7-4-3-6(9)5-10-7/h6-7,10H,2-5,9H2,1H3/t6-,7+/m1/s1. The van der Waals surface area contributed by atoms with Crippen LogP contribution in [0.1, 0.15) is 19.8 Å². The van der Waals surface area contributed by atoms with Gasteiger partial charge in [0.25, 0.3) is 0 Å². The molecule has 0 aromatic carbocycles. The molecule has 0 unspecified atom stereocenters. The van der Waals surface area contributed by atoms with E-state index in [-0.39, 0.29) is 18.1 Å². The van der Waals surface area contributed by atoms with E-state index in [9.17, 15) is 4.79 Å². The van der Waals surface area contributed by atoms with Crippen molar-refractivity contribution < 1.29 is 9.53 Å². The fraction of sp³-hybridized carbons (Fsp3) is 0.875. The third-order valence-corrected chi connectivity index (χ3v) is 2.02. The van der Waals surface area contributed by atoms with Gasteiger partial charge in [-0.3, -0.25) is 4.79 Å². The van der Waals surface area contributed by atoms with Crippen LogP contribution in [-0.4, -0.2) is 31.2 Å². The van der Waals surface area contributed by atoms with Crippen LogP contribution in [0, 0.1) is 0 Å². The highest BCUT2D eigenvalue weighted by atomic mass is 16.5. The summed E-state index contributed by atoms with van der Waals surface area (Å²) in [6, 6.07) is 0.0560. The maximum Gasteiger partial charge on any atom is 0.323 e. The molecule has 1 aliphatic rings. The highest BCUT2D eigenvalue weighted by Gasteiger charge is 2.24. The van der Waals surface area contributed by atoms with Crippen LogP contribution >= 0.6 is 0 Å². The van der Waals surface area contributed by atoms with Crippen LogP contribution in [0.2, 0.25) is 0 Å². The fourth-order valence-corrected chi connectivity index (χ4v) is 1.32. The zero-order valence-corrected chi connectivity index (χ0v) is 7.38. The minimum Gasteiger partial charge on any atom is -0.465 e. The van der Waals surface area contributed by atoms with Crippen molar-refractivity contribution in [1.29, 1.82) is 0 Å². The Morgan fingerprint density at radius 3 is 2.92 bits per heavy atom. The van der Waals surface area contributed by atoms with Gasteiger partial charge in [-0.05, 0) is 19.8 Å². The molecule has 0 aliphatic carbocycles. The molecule has 0 amide bonds. The third-order valence-electron chi connectivity index (χ3n) is 2.02. The molecule has 1 aliphatic heterocycles. The number of hydrogen-bond acceptors (Lipinski definition) is 4. The molecule has 0 spiro atoms. The van der Waals surface area contributed by atoms with Crippen molar-refractivity contribution >= 4 is 5.97 Å². The summed E-state index contributed by atoms with van der Waals surface area (Å²) in [4.78, 5) is 11.2. The van der Waals surface area contributed by atoms with E-state index in [1.165, 1.54) is 0 Å². The topological polar surface area (TPSA) is 64.3 Å². The Balaban J connectivity index is 2.29. The summed E-state index contributed by atoms with van der Waals surface area (Å²) in [6.45, 7) is 2.97. The lowest BCUT2D eigenvalue weighted by atomic mass is 10.0. The molecule has 2 atom stereocenters. The van der Waals surface area contributed by atoms with Crippen LogP contribution in [-0.2, 0) is 9.53 Å². The third kappa shape index (κ3) is 2.46. The van der Waals surface area contributed by atoms with E-state index in [4.69, 9.17) is 10.5 Å². The number of esters is 1. The van der Waals surface area contributed by atoms with Crippen molar-refractivity contribution in [2.45, 2.75) is 31.8 Å². The Bertz CT molecular complexity index is 153. The molecule has 0 saturated carbocycles. The Hall–Kier alpha value is -0.610. The van der Waals surface area contributed by atoms with Crippen molar-refractivity contribution in [1.82, 2.24) is 5.32 Å². The molecular weight excluding hydrogens is 156 g/mol. The number of ether oxygens (including phenoxy) is 1. The van der Waals surface area contributed by atoms with Crippen LogP contribution in [0.5, 0.6) is 0 Å². The van der Waals surface area contributed by atoms with Gasteiger partial charge in [-0.1, -0.05) is 0 Å². The van der Waals surface area contributed by atoms with Gasteiger partial charge in [0, 0.05) is 12.6 Å². The Morgan fingerprint density at radius 2 is 2.42 bits per heavy atom. The SMILES string of the molecule is CCOC(=O)[C@@H]1CC[C@@H](N)CN1. The maximum absolute atomic E-state index is 11.2. The lowest BCUT2D eigenvalue weighted by Crippen LogP contribution is -2.49. The van der Waals surface area contributed by atoms with Gasteiger partial charge < -0.3 is 15.8 Å². The smallest absolute Gasteiger partial charge is 0.323 e. The van der Waals surface area contributed by atoms with Gasteiger partial charge >= 0.3 is 5.97 Å². The van der Waals surface area contributed by atoms with Crippen LogP contribution in [0.25, 0.3) is 0 Å². The minimum absolute atomic E-state index is 0.134. The van der Waals surface area contributed by atoms with Crippen molar-refractivity contribution in [3.63, 3.8) is 0 Å². The first kappa shape index (κ1) is 9.48. The number of hydrogen-bond donors (Lipinski definition) is 2. The normalized spacial score (nSPS) is 29.8. The summed E-state index contributed by atoms with van der Waals surface area (Å²) in [5.41, 5.74) is 5.66. The Morgan fingerprint density at radius 1 is 1.67 bits per heavy atom. The summed E-state index contributed by atoms with van der Waals surface area (Å²) < 4.78 is 4.87. The molecule has 1 heterocycles. The highest BCUT2D eigenvalue weighted by Crippen LogP contribution is 2.07. The molecule has 3 N–H and O–H groups in total. The predicted octanol–water partition coefficient (Wildman–Crippen LogP) is -0.371. The number of piperidine rings is 1. The van der Waals surface area contributed by atoms with E-state index in [2.05, 4.69) is 5.32 Å². The molecule has 70 valence electrons. The molecule has 1 rings (SSSR count). The van der Waals surface area contributed by atoms with E-state index in [1.807, 2.05) is 6.92 Å². The van der Waals surface area contributed by atoms with Gasteiger partial charge in [-0.25, -0.2) is 0 Å². The van der Waals surface area contributed by atoms with E-state index in [1.54, 1.807) is 0 Å². The van der Waals surface area contributed by atoms with Crippen molar-refractivity contribution in [3.05, 3.63) is 0 Å². The zero-order valence-electron chi connectivity index (χ0n) is 7.38. The number of carbonyl (C=O) groups is 1. The number of carbonyl (C=O) groups excluding carboxylic acids is 1. The first-order valence-corrected chi connectivity index (χ1v) is 4.39. The van der Waals surface area contributed by atoms with E-state index in [0.717, 1.165) is 12.8 Å². The van der Waals surface area contributed by atoms with Crippen LogP contribution in [0.3, 0.4) is 0 Å². The van der Waals surface area contributed by atoms with Crippen LogP contribution in [0.4, 0.5) is 0 Å². The first-order valence-electron chi connectivity index (χ1n) is 4.39. The first-order chi connectivity index (χ1) is 5.74. The van der Waals surface area contributed by atoms with Crippen molar-refractivity contribution in [3.8, 4) is 0 Å². The molecule has 0 bridgehead atoms. The van der Waals surface area contributed by atoms with E-state index < -0.39 is 0 Å². The second kappa shape index (κ2) is 4.42. The van der Waals surface area contributed by atoms with Gasteiger partial charge in [-0.2, -0.15) is 0 Å². The number of nitrogens with one attached hydrogen (secondary N) is 1. The highest BCUT2D eigenvalue weighted by molar-refractivity contribution is 5.75. The molecule has 0 aromatic rings. The largest absolute Gasteiger partial charge is 0.465 e. The Labute approximate surface area is 72.5 Å². The zero-order chi connectivity index (χ0) is 8.97. The van der Waals surface area contributed by atoms with Gasteiger partial charge in [0.05, 0.1) is 6.61 Å². The molecule has 4 heteroatoms. The summed E-state index contributed by atoms with van der Waals surface area (Å²) in [5.74, 6) is -0.149. The predicted molar refractivity (Wildman–Crippen MR) is 45.6 cm³/mol. The average molecular weight is 172 g/mol. The lowest BCUT2D eigenvalue weighted by Gasteiger charge is -2.25. The summed E-state index contributed by atoms with van der Waals surface area (Å²) in [5, 5.41) is 3.05. The van der Waals surface area contributed by atoms with Gasteiger partial charge in [0.1, 0.15) is 6.04 Å². The molecule has 4 nitrogen and oxygen atoms in total. The fourth-order valence-electron chi connectivity index (χ4n) is 1.32. The monoisotopic (exact) mass is 172 g/mol. The summed E-state index contributed by atoms with van der Waals surface area (Å²) in [7, 11) is 0.